The molecule has 1 rings (SSSR count). The van der Waals surface area contributed by atoms with Crippen LogP contribution < -0.4 is 5.32 Å². The van der Waals surface area contributed by atoms with Crippen LogP contribution in [-0.4, -0.2) is 45.6 Å². The molecule has 4 N–H and O–H groups in total. The molecule has 0 bridgehead atoms. The van der Waals surface area contributed by atoms with Gasteiger partial charge in [0.1, 0.15) is 17.8 Å². The molecular formula is C15H21NO6. The van der Waals surface area contributed by atoms with Gasteiger partial charge in [0.2, 0.25) is 0 Å². The van der Waals surface area contributed by atoms with E-state index in [-0.39, 0.29) is 17.7 Å². The monoisotopic (exact) mass is 311 g/mol. The molecule has 0 aliphatic rings. The van der Waals surface area contributed by atoms with Crippen LogP contribution in [0.1, 0.15) is 42.8 Å². The van der Waals surface area contributed by atoms with Crippen LogP contribution in [0.5, 0.6) is 0 Å². The molecule has 0 radical (unpaired) electrons. The van der Waals surface area contributed by atoms with Crippen LogP contribution in [-0.2, 0) is 4.74 Å². The second-order valence-electron chi connectivity index (χ2n) is 5.79. The predicted molar refractivity (Wildman–Crippen MR) is 78.6 cm³/mol. The molecule has 1 aromatic carbocycles. The van der Waals surface area contributed by atoms with Gasteiger partial charge in [-0.1, -0.05) is 18.2 Å². The predicted octanol–water partition coefficient (Wildman–Crippen LogP) is 1.30. The summed E-state index contributed by atoms with van der Waals surface area (Å²) >= 11 is 0. The van der Waals surface area contributed by atoms with Gasteiger partial charge >= 0.3 is 12.1 Å². The van der Waals surface area contributed by atoms with E-state index in [0.717, 1.165) is 0 Å². The maximum Gasteiger partial charge on any atom is 0.407 e. The zero-order chi connectivity index (χ0) is 16.9. The van der Waals surface area contributed by atoms with Gasteiger partial charge in [-0.05, 0) is 32.4 Å². The minimum Gasteiger partial charge on any atom is -0.478 e. The third-order valence-electron chi connectivity index (χ3n) is 2.73. The van der Waals surface area contributed by atoms with E-state index in [1.807, 2.05) is 0 Å². The molecule has 1 amide bonds. The van der Waals surface area contributed by atoms with Gasteiger partial charge in [0.05, 0.1) is 5.56 Å². The fourth-order valence-electron chi connectivity index (χ4n) is 1.77. The number of alkyl carbamates (subject to hydrolysis) is 1. The molecule has 7 heteroatoms. The summed E-state index contributed by atoms with van der Waals surface area (Å²) in [5.74, 6) is -1.21. The first-order valence-electron chi connectivity index (χ1n) is 6.77. The second kappa shape index (κ2) is 7.24. The molecule has 0 aliphatic carbocycles. The van der Waals surface area contributed by atoms with E-state index < -0.39 is 29.9 Å². The molecule has 1 aromatic rings. The second-order valence-corrected chi connectivity index (χ2v) is 5.79. The molecule has 0 aliphatic heterocycles. The fraction of sp³-hybridized carbons (Fsp3) is 0.467. The number of benzene rings is 1. The lowest BCUT2D eigenvalue weighted by atomic mass is 9.98. The van der Waals surface area contributed by atoms with Gasteiger partial charge in [-0.3, -0.25) is 0 Å². The van der Waals surface area contributed by atoms with Crippen molar-refractivity contribution in [1.82, 2.24) is 5.32 Å². The van der Waals surface area contributed by atoms with E-state index in [1.54, 1.807) is 26.8 Å². The van der Waals surface area contributed by atoms with Gasteiger partial charge in [0, 0.05) is 6.54 Å². The Morgan fingerprint density at radius 1 is 1.23 bits per heavy atom. The summed E-state index contributed by atoms with van der Waals surface area (Å²) < 4.78 is 5.00. The van der Waals surface area contributed by atoms with E-state index in [0.29, 0.717) is 0 Å². The van der Waals surface area contributed by atoms with E-state index in [9.17, 15) is 19.8 Å². The molecule has 2 unspecified atom stereocenters. The Balaban J connectivity index is 2.68. The number of aliphatic hydroxyl groups is 2. The van der Waals surface area contributed by atoms with Gasteiger partial charge in [-0.25, -0.2) is 9.59 Å². The first kappa shape index (κ1) is 17.9. The number of aliphatic hydroxyl groups excluding tert-OH is 2. The number of ether oxygens (including phenoxy) is 1. The maximum atomic E-state index is 11.5. The standard InChI is InChI=1S/C15H21NO6/c1-15(2,3)22-14(21)16-8-11(17)12(18)9-6-4-5-7-10(9)13(19)20/h4-7,11-12,17-18H,8H2,1-3H3,(H,16,21)(H,19,20). The summed E-state index contributed by atoms with van der Waals surface area (Å²) in [6.07, 6.45) is -3.54. The number of hydrogen-bond donors (Lipinski definition) is 4. The Labute approximate surface area is 128 Å². The highest BCUT2D eigenvalue weighted by atomic mass is 16.6. The summed E-state index contributed by atoms with van der Waals surface area (Å²) in [4.78, 5) is 22.6. The number of aromatic carboxylic acids is 1. The molecule has 0 aromatic heterocycles. The molecule has 22 heavy (non-hydrogen) atoms. The Hall–Kier alpha value is -2.12. The summed E-state index contributed by atoms with van der Waals surface area (Å²) in [6.45, 7) is 4.81. The Morgan fingerprint density at radius 3 is 2.36 bits per heavy atom. The molecule has 0 saturated carbocycles. The average molecular weight is 311 g/mol. The summed E-state index contributed by atoms with van der Waals surface area (Å²) in [7, 11) is 0. The average Bonchev–Trinajstić information content (AvgIpc) is 2.42. The van der Waals surface area contributed by atoms with Crippen molar-refractivity contribution < 1.29 is 29.6 Å². The summed E-state index contributed by atoms with van der Waals surface area (Å²) in [6, 6.07) is 5.81. The third kappa shape index (κ3) is 5.34. The van der Waals surface area contributed by atoms with Gasteiger partial charge in [-0.2, -0.15) is 0 Å². The van der Waals surface area contributed by atoms with Crippen molar-refractivity contribution in [2.45, 2.75) is 38.6 Å². The number of carbonyl (C=O) groups excluding carboxylic acids is 1. The fourth-order valence-corrected chi connectivity index (χ4v) is 1.77. The van der Waals surface area contributed by atoms with Crippen LogP contribution in [0.25, 0.3) is 0 Å². The molecule has 0 fully saturated rings. The van der Waals surface area contributed by atoms with Gasteiger partial charge < -0.3 is 25.4 Å². The van der Waals surface area contributed by atoms with Gasteiger partial charge in [0.15, 0.2) is 0 Å². The topological polar surface area (TPSA) is 116 Å². The molecule has 122 valence electrons. The number of hydrogen-bond acceptors (Lipinski definition) is 5. The van der Waals surface area contributed by atoms with Crippen LogP contribution in [0.15, 0.2) is 24.3 Å². The number of nitrogens with one attached hydrogen (secondary N) is 1. The van der Waals surface area contributed by atoms with Crippen molar-refractivity contribution >= 4 is 12.1 Å². The zero-order valence-electron chi connectivity index (χ0n) is 12.7. The van der Waals surface area contributed by atoms with Crippen LogP contribution in [0, 0.1) is 0 Å². The number of carbonyl (C=O) groups is 2. The van der Waals surface area contributed by atoms with E-state index in [4.69, 9.17) is 9.84 Å². The highest BCUT2D eigenvalue weighted by Crippen LogP contribution is 2.21. The van der Waals surface area contributed by atoms with Gasteiger partial charge in [-0.15, -0.1) is 0 Å². The molecule has 0 heterocycles. The molecule has 0 saturated heterocycles. The van der Waals surface area contributed by atoms with Crippen LogP contribution in [0.3, 0.4) is 0 Å². The van der Waals surface area contributed by atoms with Crippen molar-refractivity contribution in [3.63, 3.8) is 0 Å². The zero-order valence-corrected chi connectivity index (χ0v) is 12.7. The summed E-state index contributed by atoms with van der Waals surface area (Å²) in [5, 5.41) is 31.3. The number of rotatable bonds is 5. The van der Waals surface area contributed by atoms with Crippen LogP contribution in [0.4, 0.5) is 4.79 Å². The molecule has 2 atom stereocenters. The number of carboxylic acid groups (broad SMARTS) is 1. The maximum absolute atomic E-state index is 11.5. The van der Waals surface area contributed by atoms with Crippen molar-refractivity contribution in [2.75, 3.05) is 6.54 Å². The van der Waals surface area contributed by atoms with E-state index in [1.165, 1.54) is 18.2 Å². The molecular weight excluding hydrogens is 290 g/mol. The molecule has 7 nitrogen and oxygen atoms in total. The number of amides is 1. The SMILES string of the molecule is CC(C)(C)OC(=O)NCC(O)C(O)c1ccccc1C(=O)O. The Bertz CT molecular complexity index is 537. The van der Waals surface area contributed by atoms with Crippen molar-refractivity contribution in [3.8, 4) is 0 Å². The van der Waals surface area contributed by atoms with Crippen molar-refractivity contribution in [2.24, 2.45) is 0 Å². The minimum atomic E-state index is -1.44. The van der Waals surface area contributed by atoms with Crippen molar-refractivity contribution in [1.29, 1.82) is 0 Å². The van der Waals surface area contributed by atoms with Crippen LogP contribution >= 0.6 is 0 Å². The minimum absolute atomic E-state index is 0.0773. The van der Waals surface area contributed by atoms with Gasteiger partial charge in [0.25, 0.3) is 0 Å². The smallest absolute Gasteiger partial charge is 0.407 e. The van der Waals surface area contributed by atoms with E-state index >= 15 is 0 Å². The quantitative estimate of drug-likeness (QED) is 0.651. The highest BCUT2D eigenvalue weighted by molar-refractivity contribution is 5.89. The summed E-state index contributed by atoms with van der Waals surface area (Å²) in [5.41, 5.74) is -0.705. The number of carboxylic acids is 1. The Kier molecular flexibility index (Phi) is 5.90. The van der Waals surface area contributed by atoms with Crippen molar-refractivity contribution in [3.05, 3.63) is 35.4 Å². The lowest BCUT2D eigenvalue weighted by Gasteiger charge is -2.22. The normalized spacial score (nSPS) is 14.0. The van der Waals surface area contributed by atoms with Crippen LogP contribution in [0.2, 0.25) is 0 Å². The first-order valence-corrected chi connectivity index (χ1v) is 6.77. The van der Waals surface area contributed by atoms with E-state index in [2.05, 4.69) is 5.32 Å². The first-order chi connectivity index (χ1) is 10.1. The lowest BCUT2D eigenvalue weighted by molar-refractivity contribution is 0.0121. The highest BCUT2D eigenvalue weighted by Gasteiger charge is 2.24. The molecule has 0 spiro atoms. The largest absolute Gasteiger partial charge is 0.478 e. The Morgan fingerprint density at radius 2 is 1.82 bits per heavy atom. The lowest BCUT2D eigenvalue weighted by Crippen LogP contribution is -2.39. The third-order valence-corrected chi connectivity index (χ3v) is 2.73.